The molecular formula is C16H12N2O2. The maximum Gasteiger partial charge on any atom is 0.356 e. The van der Waals surface area contributed by atoms with E-state index in [9.17, 15) is 4.79 Å². The lowest BCUT2D eigenvalue weighted by Gasteiger charge is -2.08. The number of aryl methyl sites for hydroxylation is 1. The summed E-state index contributed by atoms with van der Waals surface area (Å²) in [7, 11) is 0. The van der Waals surface area contributed by atoms with E-state index in [4.69, 9.17) is 5.11 Å². The molecule has 0 amide bonds. The highest BCUT2D eigenvalue weighted by Crippen LogP contribution is 2.26. The minimum atomic E-state index is -1.07. The molecule has 0 bridgehead atoms. The monoisotopic (exact) mass is 264 g/mol. The maximum absolute atomic E-state index is 10.9. The van der Waals surface area contributed by atoms with Gasteiger partial charge in [0.05, 0.1) is 17.2 Å². The number of hydrogen-bond donors (Lipinski definition) is 1. The molecule has 0 unspecified atom stereocenters. The first-order valence-electron chi connectivity index (χ1n) is 6.21. The van der Waals surface area contributed by atoms with E-state index >= 15 is 0 Å². The van der Waals surface area contributed by atoms with Gasteiger partial charge in [-0.1, -0.05) is 30.3 Å². The minimum absolute atomic E-state index is 0.0376. The van der Waals surface area contributed by atoms with Crippen LogP contribution < -0.4 is 0 Å². The number of aromatic nitrogens is 2. The van der Waals surface area contributed by atoms with Gasteiger partial charge in [-0.3, -0.25) is 4.98 Å². The Labute approximate surface area is 115 Å². The summed E-state index contributed by atoms with van der Waals surface area (Å²) in [6, 6.07) is 13.8. The van der Waals surface area contributed by atoms with Crippen LogP contribution in [0.2, 0.25) is 0 Å². The van der Waals surface area contributed by atoms with Crippen LogP contribution in [0.3, 0.4) is 0 Å². The summed E-state index contributed by atoms with van der Waals surface area (Å²) in [5.41, 5.74) is 4.48. The molecule has 0 aliphatic rings. The number of nitrogens with zero attached hydrogens (tertiary/aromatic N) is 2. The smallest absolute Gasteiger partial charge is 0.356 e. The Balaban J connectivity index is 2.20. The third-order valence-electron chi connectivity index (χ3n) is 3.19. The number of carboxylic acids is 1. The highest BCUT2D eigenvalue weighted by Gasteiger charge is 2.09. The summed E-state index contributed by atoms with van der Waals surface area (Å²) in [5.74, 6) is -1.07. The molecule has 0 atom stereocenters. The largest absolute Gasteiger partial charge is 0.476 e. The average Bonchev–Trinajstić information content (AvgIpc) is 2.46. The zero-order valence-corrected chi connectivity index (χ0v) is 10.9. The molecule has 20 heavy (non-hydrogen) atoms. The van der Waals surface area contributed by atoms with E-state index in [1.807, 2.05) is 49.4 Å². The van der Waals surface area contributed by atoms with E-state index < -0.39 is 5.97 Å². The van der Waals surface area contributed by atoms with Crippen molar-refractivity contribution in [1.29, 1.82) is 0 Å². The SMILES string of the molecule is Cc1cc2nc(C(=O)O)cnc2cc1-c1ccccc1. The van der Waals surface area contributed by atoms with Crippen molar-refractivity contribution in [3.8, 4) is 11.1 Å². The standard InChI is InChI=1S/C16H12N2O2/c1-10-7-14-13(17-9-15(18-14)16(19)20)8-12(10)11-5-3-2-4-6-11/h2-9H,1H3,(H,19,20). The predicted molar refractivity (Wildman–Crippen MR) is 76.7 cm³/mol. The van der Waals surface area contributed by atoms with Gasteiger partial charge in [-0.2, -0.15) is 0 Å². The first kappa shape index (κ1) is 12.3. The number of hydrogen-bond acceptors (Lipinski definition) is 3. The molecule has 0 aliphatic heterocycles. The van der Waals surface area contributed by atoms with Crippen LogP contribution in [-0.4, -0.2) is 21.0 Å². The van der Waals surface area contributed by atoms with Crippen molar-refractivity contribution in [2.45, 2.75) is 6.92 Å². The Morgan fingerprint density at radius 3 is 2.55 bits per heavy atom. The number of carboxylic acid groups (broad SMARTS) is 1. The molecule has 4 nitrogen and oxygen atoms in total. The van der Waals surface area contributed by atoms with Gasteiger partial charge in [0.15, 0.2) is 5.69 Å². The Kier molecular flexibility index (Phi) is 2.91. The molecule has 0 spiro atoms. The van der Waals surface area contributed by atoms with Gasteiger partial charge >= 0.3 is 5.97 Å². The Morgan fingerprint density at radius 2 is 1.85 bits per heavy atom. The zero-order valence-electron chi connectivity index (χ0n) is 10.9. The topological polar surface area (TPSA) is 63.1 Å². The van der Waals surface area contributed by atoms with Crippen LogP contribution in [0.15, 0.2) is 48.7 Å². The molecule has 3 aromatic rings. The first-order valence-corrected chi connectivity index (χ1v) is 6.21. The van der Waals surface area contributed by atoms with Gasteiger partial charge in [-0.05, 0) is 35.7 Å². The zero-order chi connectivity index (χ0) is 14.1. The van der Waals surface area contributed by atoms with Crippen LogP contribution in [0.1, 0.15) is 16.1 Å². The van der Waals surface area contributed by atoms with Crippen LogP contribution in [-0.2, 0) is 0 Å². The van der Waals surface area contributed by atoms with E-state index in [0.29, 0.717) is 11.0 Å². The second-order valence-electron chi connectivity index (χ2n) is 4.58. The molecule has 0 saturated heterocycles. The number of fused-ring (bicyclic) bond motifs is 1. The normalized spacial score (nSPS) is 10.7. The summed E-state index contributed by atoms with van der Waals surface area (Å²) < 4.78 is 0. The van der Waals surface area contributed by atoms with Crippen LogP contribution in [0, 0.1) is 6.92 Å². The van der Waals surface area contributed by atoms with E-state index in [1.165, 1.54) is 6.20 Å². The van der Waals surface area contributed by atoms with Crippen LogP contribution in [0.5, 0.6) is 0 Å². The molecule has 0 saturated carbocycles. The fourth-order valence-electron chi connectivity index (χ4n) is 2.20. The Bertz CT molecular complexity index is 798. The number of benzene rings is 2. The van der Waals surface area contributed by atoms with Gasteiger partial charge in [0.2, 0.25) is 0 Å². The fourth-order valence-corrected chi connectivity index (χ4v) is 2.20. The Hall–Kier alpha value is -2.75. The number of aromatic carboxylic acids is 1. The molecule has 0 radical (unpaired) electrons. The summed E-state index contributed by atoms with van der Waals surface area (Å²) in [4.78, 5) is 19.2. The van der Waals surface area contributed by atoms with E-state index in [-0.39, 0.29) is 5.69 Å². The van der Waals surface area contributed by atoms with Crippen molar-refractivity contribution in [2.24, 2.45) is 0 Å². The third-order valence-corrected chi connectivity index (χ3v) is 3.19. The van der Waals surface area contributed by atoms with E-state index in [1.54, 1.807) is 0 Å². The van der Waals surface area contributed by atoms with Crippen molar-refractivity contribution < 1.29 is 9.90 Å². The summed E-state index contributed by atoms with van der Waals surface area (Å²) in [6.07, 6.45) is 1.29. The van der Waals surface area contributed by atoms with Crippen LogP contribution in [0.4, 0.5) is 0 Å². The lowest BCUT2D eigenvalue weighted by Crippen LogP contribution is -2.01. The van der Waals surface area contributed by atoms with Crippen molar-refractivity contribution in [2.75, 3.05) is 0 Å². The van der Waals surface area contributed by atoms with Crippen molar-refractivity contribution in [3.63, 3.8) is 0 Å². The van der Waals surface area contributed by atoms with Gasteiger partial charge in [0, 0.05) is 0 Å². The summed E-state index contributed by atoms with van der Waals surface area (Å²) in [5, 5.41) is 8.94. The molecule has 3 rings (SSSR count). The first-order chi connectivity index (χ1) is 9.65. The molecule has 1 N–H and O–H groups in total. The average molecular weight is 264 g/mol. The van der Waals surface area contributed by atoms with Gasteiger partial charge in [0.1, 0.15) is 0 Å². The second-order valence-corrected chi connectivity index (χ2v) is 4.58. The number of rotatable bonds is 2. The Morgan fingerprint density at radius 1 is 1.10 bits per heavy atom. The van der Waals surface area contributed by atoms with Crippen LogP contribution >= 0.6 is 0 Å². The van der Waals surface area contributed by atoms with E-state index in [0.717, 1.165) is 16.7 Å². The third kappa shape index (κ3) is 2.12. The molecule has 0 aliphatic carbocycles. The molecule has 98 valence electrons. The lowest BCUT2D eigenvalue weighted by atomic mass is 10.00. The van der Waals surface area contributed by atoms with Gasteiger partial charge in [0.25, 0.3) is 0 Å². The highest BCUT2D eigenvalue weighted by molar-refractivity contribution is 5.89. The highest BCUT2D eigenvalue weighted by atomic mass is 16.4. The predicted octanol–water partition coefficient (Wildman–Crippen LogP) is 3.30. The molecule has 4 heteroatoms. The maximum atomic E-state index is 10.9. The van der Waals surface area contributed by atoms with Crippen molar-refractivity contribution >= 4 is 17.0 Å². The van der Waals surface area contributed by atoms with Gasteiger partial charge in [-0.15, -0.1) is 0 Å². The summed E-state index contributed by atoms with van der Waals surface area (Å²) >= 11 is 0. The van der Waals surface area contributed by atoms with Crippen molar-refractivity contribution in [3.05, 3.63) is 59.9 Å². The molecule has 0 fully saturated rings. The van der Waals surface area contributed by atoms with Crippen molar-refractivity contribution in [1.82, 2.24) is 9.97 Å². The quantitative estimate of drug-likeness (QED) is 0.771. The summed E-state index contributed by atoms with van der Waals surface area (Å²) in [6.45, 7) is 1.98. The van der Waals surface area contributed by atoms with Crippen LogP contribution in [0.25, 0.3) is 22.2 Å². The fraction of sp³-hybridized carbons (Fsp3) is 0.0625. The van der Waals surface area contributed by atoms with E-state index in [2.05, 4.69) is 9.97 Å². The second kappa shape index (κ2) is 4.74. The minimum Gasteiger partial charge on any atom is -0.476 e. The number of carbonyl (C=O) groups is 1. The van der Waals surface area contributed by atoms with Gasteiger partial charge < -0.3 is 5.11 Å². The molecule has 1 aromatic heterocycles. The van der Waals surface area contributed by atoms with Gasteiger partial charge in [-0.25, -0.2) is 9.78 Å². The lowest BCUT2D eigenvalue weighted by molar-refractivity contribution is 0.0690. The molecule has 1 heterocycles. The molecular weight excluding hydrogens is 252 g/mol. The molecule has 2 aromatic carbocycles.